The van der Waals surface area contributed by atoms with Crippen molar-refractivity contribution < 1.29 is 14.3 Å². The van der Waals surface area contributed by atoms with Crippen LogP contribution in [0.3, 0.4) is 0 Å². The number of carbonyl (C=O) groups excluding carboxylic acids is 1. The third kappa shape index (κ3) is 3.61. The molecule has 0 N–H and O–H groups in total. The van der Waals surface area contributed by atoms with Crippen molar-refractivity contribution in [3.8, 4) is 0 Å². The number of fused-ring (bicyclic) bond motifs is 1. The second kappa shape index (κ2) is 7.51. The van der Waals surface area contributed by atoms with Crippen LogP contribution in [0, 0.1) is 5.92 Å². The molecule has 0 bridgehead atoms. The first-order valence-corrected chi connectivity index (χ1v) is 8.95. The maximum absolute atomic E-state index is 12.8. The number of hydrogen-bond donors (Lipinski definition) is 0. The molecular weight excluding hydrogens is 334 g/mol. The minimum absolute atomic E-state index is 0.0749. The van der Waals surface area contributed by atoms with E-state index in [1.165, 1.54) is 0 Å². The van der Waals surface area contributed by atoms with E-state index in [9.17, 15) is 4.79 Å². The summed E-state index contributed by atoms with van der Waals surface area (Å²) in [6.07, 6.45) is 6.97. The number of nitrogens with zero attached hydrogens (tertiary/aromatic N) is 5. The van der Waals surface area contributed by atoms with Crippen molar-refractivity contribution in [3.63, 3.8) is 0 Å². The van der Waals surface area contributed by atoms with Crippen LogP contribution in [0.1, 0.15) is 29.0 Å². The highest BCUT2D eigenvalue weighted by Gasteiger charge is 2.43. The molecule has 8 nitrogen and oxygen atoms in total. The van der Waals surface area contributed by atoms with E-state index in [1.54, 1.807) is 30.5 Å². The second-order valence-electron chi connectivity index (χ2n) is 6.93. The Balaban J connectivity index is 1.34. The Labute approximate surface area is 152 Å². The van der Waals surface area contributed by atoms with Gasteiger partial charge in [0.1, 0.15) is 6.33 Å². The lowest BCUT2D eigenvalue weighted by Crippen LogP contribution is -2.51. The summed E-state index contributed by atoms with van der Waals surface area (Å²) in [5.74, 6) is 0.532. The zero-order chi connectivity index (χ0) is 17.9. The van der Waals surface area contributed by atoms with Crippen molar-refractivity contribution in [2.24, 2.45) is 13.0 Å². The van der Waals surface area contributed by atoms with Gasteiger partial charge in [0.25, 0.3) is 5.91 Å². The Morgan fingerprint density at radius 2 is 2.19 bits per heavy atom. The molecule has 1 saturated heterocycles. The molecule has 8 heteroatoms. The van der Waals surface area contributed by atoms with Crippen molar-refractivity contribution >= 4 is 5.91 Å². The SMILES string of the molecule is Cn1cnc(C(=O)N2CCOC3CC(COCc4ccncc4)CC32)n1. The largest absolute Gasteiger partial charge is 0.376 e. The van der Waals surface area contributed by atoms with E-state index in [0.29, 0.717) is 32.3 Å². The lowest BCUT2D eigenvalue weighted by molar-refractivity contribution is -0.0454. The molecule has 138 valence electrons. The lowest BCUT2D eigenvalue weighted by atomic mass is 10.1. The second-order valence-corrected chi connectivity index (χ2v) is 6.93. The maximum Gasteiger partial charge on any atom is 0.293 e. The normalized spacial score (nSPS) is 25.3. The monoisotopic (exact) mass is 357 g/mol. The lowest BCUT2D eigenvalue weighted by Gasteiger charge is -2.36. The van der Waals surface area contributed by atoms with Crippen LogP contribution in [0.4, 0.5) is 0 Å². The Kier molecular flexibility index (Phi) is 4.94. The van der Waals surface area contributed by atoms with E-state index in [0.717, 1.165) is 18.4 Å². The van der Waals surface area contributed by atoms with E-state index in [-0.39, 0.29) is 23.9 Å². The molecule has 2 aromatic heterocycles. The van der Waals surface area contributed by atoms with E-state index in [4.69, 9.17) is 9.47 Å². The van der Waals surface area contributed by atoms with E-state index >= 15 is 0 Å². The molecule has 1 aliphatic carbocycles. The van der Waals surface area contributed by atoms with Gasteiger partial charge in [0.15, 0.2) is 0 Å². The Morgan fingerprint density at radius 1 is 1.35 bits per heavy atom. The summed E-state index contributed by atoms with van der Waals surface area (Å²) >= 11 is 0. The highest BCUT2D eigenvalue weighted by Crippen LogP contribution is 2.35. The number of rotatable bonds is 5. The summed E-state index contributed by atoms with van der Waals surface area (Å²) in [5, 5.41) is 4.15. The number of morpholine rings is 1. The molecule has 3 heterocycles. The van der Waals surface area contributed by atoms with E-state index in [1.807, 2.05) is 17.0 Å². The molecule has 1 aliphatic heterocycles. The number of aromatic nitrogens is 4. The first-order valence-electron chi connectivity index (χ1n) is 8.95. The van der Waals surface area contributed by atoms with Crippen LogP contribution in [-0.2, 0) is 23.1 Å². The Morgan fingerprint density at radius 3 is 2.96 bits per heavy atom. The highest BCUT2D eigenvalue weighted by atomic mass is 16.5. The Bertz CT molecular complexity index is 750. The fourth-order valence-corrected chi connectivity index (χ4v) is 3.83. The number of aryl methyl sites for hydroxylation is 1. The molecule has 0 radical (unpaired) electrons. The summed E-state index contributed by atoms with van der Waals surface area (Å²) in [4.78, 5) is 22.7. The van der Waals surface area contributed by atoms with Gasteiger partial charge < -0.3 is 14.4 Å². The van der Waals surface area contributed by atoms with E-state index < -0.39 is 0 Å². The summed E-state index contributed by atoms with van der Waals surface area (Å²) in [6, 6.07) is 3.99. The zero-order valence-corrected chi connectivity index (χ0v) is 14.8. The van der Waals surface area contributed by atoms with Crippen molar-refractivity contribution in [1.29, 1.82) is 0 Å². The van der Waals surface area contributed by atoms with Crippen LogP contribution < -0.4 is 0 Å². The van der Waals surface area contributed by atoms with Crippen molar-refractivity contribution in [2.75, 3.05) is 19.8 Å². The highest BCUT2D eigenvalue weighted by molar-refractivity contribution is 5.90. The third-order valence-corrected chi connectivity index (χ3v) is 5.06. The molecule has 3 unspecified atom stereocenters. The summed E-state index contributed by atoms with van der Waals surface area (Å²) in [7, 11) is 1.76. The molecule has 2 fully saturated rings. The maximum atomic E-state index is 12.8. The Hall–Kier alpha value is -2.32. The van der Waals surface area contributed by atoms with Gasteiger partial charge in [0, 0.05) is 26.0 Å². The average Bonchev–Trinajstić information content (AvgIpc) is 3.27. The number of amides is 1. The summed E-state index contributed by atoms with van der Waals surface area (Å²) < 4.78 is 13.3. The quantitative estimate of drug-likeness (QED) is 0.795. The number of ether oxygens (including phenoxy) is 2. The molecule has 0 spiro atoms. The van der Waals surface area contributed by atoms with Gasteiger partial charge in [-0.2, -0.15) is 0 Å². The van der Waals surface area contributed by atoms with Crippen LogP contribution in [0.15, 0.2) is 30.9 Å². The molecular formula is C18H23N5O3. The number of hydrogen-bond acceptors (Lipinski definition) is 6. The predicted octanol–water partition coefficient (Wildman–Crippen LogP) is 1.05. The standard InChI is InChI=1S/C18H23N5O3/c1-22-12-20-17(21-22)18(24)23-6-7-26-16-9-14(8-15(16)23)11-25-10-13-2-4-19-5-3-13/h2-5,12,14-16H,6-11H2,1H3. The fourth-order valence-electron chi connectivity index (χ4n) is 3.83. The van der Waals surface area contributed by atoms with Crippen molar-refractivity contribution in [2.45, 2.75) is 31.6 Å². The first kappa shape index (κ1) is 17.1. The summed E-state index contributed by atoms with van der Waals surface area (Å²) in [6.45, 7) is 2.39. The van der Waals surface area contributed by atoms with Gasteiger partial charge in [-0.25, -0.2) is 4.98 Å². The van der Waals surface area contributed by atoms with Crippen molar-refractivity contribution in [3.05, 3.63) is 42.2 Å². The number of carbonyl (C=O) groups is 1. The average molecular weight is 357 g/mol. The van der Waals surface area contributed by atoms with Gasteiger partial charge in [-0.3, -0.25) is 14.5 Å². The molecule has 2 aliphatic rings. The molecule has 1 amide bonds. The molecule has 26 heavy (non-hydrogen) atoms. The third-order valence-electron chi connectivity index (χ3n) is 5.06. The zero-order valence-electron chi connectivity index (χ0n) is 14.8. The van der Waals surface area contributed by atoms with Gasteiger partial charge in [0.05, 0.1) is 32.0 Å². The van der Waals surface area contributed by atoms with Crippen LogP contribution in [0.25, 0.3) is 0 Å². The molecule has 0 aromatic carbocycles. The van der Waals surface area contributed by atoms with Crippen LogP contribution in [-0.4, -0.2) is 62.5 Å². The van der Waals surface area contributed by atoms with E-state index in [2.05, 4.69) is 15.1 Å². The smallest absolute Gasteiger partial charge is 0.293 e. The molecule has 3 atom stereocenters. The minimum atomic E-state index is -0.109. The predicted molar refractivity (Wildman–Crippen MR) is 92.2 cm³/mol. The van der Waals surface area contributed by atoms with Gasteiger partial charge >= 0.3 is 0 Å². The topological polar surface area (TPSA) is 82.4 Å². The van der Waals surface area contributed by atoms with Gasteiger partial charge in [-0.05, 0) is 36.5 Å². The minimum Gasteiger partial charge on any atom is -0.376 e. The van der Waals surface area contributed by atoms with Gasteiger partial charge in [0.2, 0.25) is 5.82 Å². The van der Waals surface area contributed by atoms with Gasteiger partial charge in [-0.15, -0.1) is 5.10 Å². The molecule has 2 aromatic rings. The van der Waals surface area contributed by atoms with Gasteiger partial charge in [-0.1, -0.05) is 0 Å². The fraction of sp³-hybridized carbons (Fsp3) is 0.556. The molecule has 1 saturated carbocycles. The van der Waals surface area contributed by atoms with Crippen LogP contribution in [0.5, 0.6) is 0 Å². The van der Waals surface area contributed by atoms with Crippen molar-refractivity contribution in [1.82, 2.24) is 24.6 Å². The van der Waals surface area contributed by atoms with Crippen LogP contribution >= 0.6 is 0 Å². The summed E-state index contributed by atoms with van der Waals surface area (Å²) in [5.41, 5.74) is 1.12. The molecule has 4 rings (SSSR count). The number of pyridine rings is 1. The van der Waals surface area contributed by atoms with Crippen LogP contribution in [0.2, 0.25) is 0 Å². The first-order chi connectivity index (χ1) is 12.7.